The second-order valence-electron chi connectivity index (χ2n) is 5.51. The minimum absolute atomic E-state index is 0.328. The fourth-order valence-corrected chi connectivity index (χ4v) is 2.71. The molecule has 0 bridgehead atoms. The van der Waals surface area contributed by atoms with Gasteiger partial charge in [0.1, 0.15) is 5.15 Å². The molecule has 0 fully saturated rings. The molecule has 26 heavy (non-hydrogen) atoms. The number of nitrogens with one attached hydrogen (secondary N) is 1. The van der Waals surface area contributed by atoms with Gasteiger partial charge in [0.25, 0.3) is 5.91 Å². The number of halogens is 2. The molecular formula is C18H15Cl2N5O. The Balaban J connectivity index is 1.71. The number of aromatic nitrogens is 3. The molecule has 3 rings (SSSR count). The molecule has 1 amide bonds. The first kappa shape index (κ1) is 18.1. The number of hydrogen-bond acceptors (Lipinski definition) is 4. The van der Waals surface area contributed by atoms with E-state index < -0.39 is 0 Å². The highest BCUT2D eigenvalue weighted by Gasteiger charge is 2.12. The van der Waals surface area contributed by atoms with Crippen molar-refractivity contribution in [2.24, 2.45) is 5.10 Å². The molecule has 0 radical (unpaired) electrons. The summed E-state index contributed by atoms with van der Waals surface area (Å²) in [5, 5.41) is 9.51. The topological polar surface area (TPSA) is 72.2 Å². The minimum Gasteiger partial charge on any atom is -0.267 e. The van der Waals surface area contributed by atoms with Gasteiger partial charge in [0.15, 0.2) is 0 Å². The number of carbonyl (C=O) groups is 1. The fraction of sp³-hybridized carbons (Fsp3) is 0.111. The number of amides is 1. The van der Waals surface area contributed by atoms with Gasteiger partial charge in [0, 0.05) is 23.0 Å². The third kappa shape index (κ3) is 4.28. The maximum absolute atomic E-state index is 12.0. The quantitative estimate of drug-likeness (QED) is 0.535. The summed E-state index contributed by atoms with van der Waals surface area (Å²) in [6.07, 6.45) is 4.57. The molecule has 2 aromatic heterocycles. The average Bonchev–Trinajstić information content (AvgIpc) is 2.91. The number of nitrogens with zero attached hydrogens (tertiary/aromatic N) is 4. The second kappa shape index (κ2) is 8.12. The van der Waals surface area contributed by atoms with Crippen LogP contribution in [0.15, 0.2) is 53.9 Å². The van der Waals surface area contributed by atoms with Crippen LogP contribution in [0.3, 0.4) is 0 Å². The highest BCUT2D eigenvalue weighted by molar-refractivity contribution is 6.32. The lowest BCUT2D eigenvalue weighted by Gasteiger charge is -2.03. The molecular weight excluding hydrogens is 373 g/mol. The van der Waals surface area contributed by atoms with Gasteiger partial charge in [-0.1, -0.05) is 35.3 Å². The SMILES string of the molecule is Cc1nn(Cc2ccc(Cl)cc2)c(Cl)c1/C=N/NC(=O)c1ccncc1. The number of rotatable bonds is 5. The Hall–Kier alpha value is -2.70. The van der Waals surface area contributed by atoms with Crippen LogP contribution in [0, 0.1) is 6.92 Å². The molecule has 0 aliphatic rings. The summed E-state index contributed by atoms with van der Waals surface area (Å²) in [5.41, 5.74) is 5.31. The molecule has 8 heteroatoms. The second-order valence-corrected chi connectivity index (χ2v) is 6.30. The lowest BCUT2D eigenvalue weighted by molar-refractivity contribution is 0.0955. The largest absolute Gasteiger partial charge is 0.271 e. The van der Waals surface area contributed by atoms with Gasteiger partial charge in [-0.05, 0) is 36.8 Å². The summed E-state index contributed by atoms with van der Waals surface area (Å²) in [7, 11) is 0. The van der Waals surface area contributed by atoms with Crippen LogP contribution < -0.4 is 5.43 Å². The van der Waals surface area contributed by atoms with E-state index >= 15 is 0 Å². The van der Waals surface area contributed by atoms with Gasteiger partial charge in [-0.15, -0.1) is 0 Å². The molecule has 2 heterocycles. The van der Waals surface area contributed by atoms with Crippen LogP contribution >= 0.6 is 23.2 Å². The minimum atomic E-state index is -0.328. The standard InChI is InChI=1S/C18H15Cl2N5O/c1-12-16(10-22-23-18(26)14-6-8-21-9-7-14)17(20)25(24-12)11-13-2-4-15(19)5-3-13/h2-10H,11H2,1H3,(H,23,26)/b22-10+. The molecule has 0 saturated carbocycles. The van der Waals surface area contributed by atoms with Crippen LogP contribution in [-0.2, 0) is 6.54 Å². The van der Waals surface area contributed by atoms with E-state index in [0.717, 1.165) is 5.56 Å². The van der Waals surface area contributed by atoms with Crippen LogP contribution in [0.2, 0.25) is 10.2 Å². The highest BCUT2D eigenvalue weighted by atomic mass is 35.5. The summed E-state index contributed by atoms with van der Waals surface area (Å²) in [4.78, 5) is 15.8. The Kier molecular flexibility index (Phi) is 5.65. The number of benzene rings is 1. The third-order valence-corrected chi connectivity index (χ3v) is 4.31. The van der Waals surface area contributed by atoms with Crippen LogP contribution in [-0.4, -0.2) is 26.9 Å². The van der Waals surface area contributed by atoms with Gasteiger partial charge in [-0.2, -0.15) is 10.2 Å². The first-order chi connectivity index (χ1) is 12.5. The van der Waals surface area contributed by atoms with E-state index in [1.807, 2.05) is 31.2 Å². The van der Waals surface area contributed by atoms with Crippen LogP contribution in [0.5, 0.6) is 0 Å². The summed E-state index contributed by atoms with van der Waals surface area (Å²) < 4.78 is 1.67. The van der Waals surface area contributed by atoms with Crippen LogP contribution in [0.25, 0.3) is 0 Å². The molecule has 0 atom stereocenters. The van der Waals surface area contributed by atoms with Crippen molar-refractivity contribution in [3.63, 3.8) is 0 Å². The maximum Gasteiger partial charge on any atom is 0.271 e. The number of hydrazone groups is 1. The Morgan fingerprint density at radius 1 is 1.19 bits per heavy atom. The molecule has 0 spiro atoms. The fourth-order valence-electron chi connectivity index (χ4n) is 2.30. The monoisotopic (exact) mass is 387 g/mol. The van der Waals surface area contributed by atoms with Crippen molar-refractivity contribution in [1.29, 1.82) is 0 Å². The van der Waals surface area contributed by atoms with E-state index in [2.05, 4.69) is 20.6 Å². The lowest BCUT2D eigenvalue weighted by Crippen LogP contribution is -2.17. The van der Waals surface area contributed by atoms with E-state index in [9.17, 15) is 4.79 Å². The van der Waals surface area contributed by atoms with Crippen molar-refractivity contribution in [3.8, 4) is 0 Å². The van der Waals surface area contributed by atoms with E-state index in [0.29, 0.717) is 33.5 Å². The molecule has 0 aliphatic heterocycles. The van der Waals surface area contributed by atoms with E-state index in [1.54, 1.807) is 29.2 Å². The van der Waals surface area contributed by atoms with E-state index in [1.165, 1.54) is 6.21 Å². The Morgan fingerprint density at radius 2 is 1.88 bits per heavy atom. The Bertz CT molecular complexity index is 936. The molecule has 6 nitrogen and oxygen atoms in total. The van der Waals surface area contributed by atoms with Gasteiger partial charge in [-0.25, -0.2) is 10.1 Å². The van der Waals surface area contributed by atoms with Gasteiger partial charge >= 0.3 is 0 Å². The first-order valence-electron chi connectivity index (χ1n) is 7.75. The molecule has 132 valence electrons. The number of pyridine rings is 1. The van der Waals surface area contributed by atoms with Gasteiger partial charge in [0.05, 0.1) is 24.0 Å². The van der Waals surface area contributed by atoms with E-state index in [-0.39, 0.29) is 5.91 Å². The highest BCUT2D eigenvalue weighted by Crippen LogP contribution is 2.20. The number of carbonyl (C=O) groups excluding carboxylic acids is 1. The van der Waals surface area contributed by atoms with Gasteiger partial charge in [0.2, 0.25) is 0 Å². The number of aryl methyl sites for hydroxylation is 1. The first-order valence-corrected chi connectivity index (χ1v) is 8.51. The van der Waals surface area contributed by atoms with E-state index in [4.69, 9.17) is 23.2 Å². The molecule has 0 saturated heterocycles. The van der Waals surface area contributed by atoms with Crippen LogP contribution in [0.1, 0.15) is 27.2 Å². The summed E-state index contributed by atoms with van der Waals surface area (Å²) in [6.45, 7) is 2.34. The zero-order chi connectivity index (χ0) is 18.5. The summed E-state index contributed by atoms with van der Waals surface area (Å²) >= 11 is 12.3. The molecule has 0 aliphatic carbocycles. The molecule has 1 N–H and O–H groups in total. The van der Waals surface area contributed by atoms with Crippen LogP contribution in [0.4, 0.5) is 0 Å². The van der Waals surface area contributed by atoms with Crippen molar-refractivity contribution in [2.45, 2.75) is 13.5 Å². The lowest BCUT2D eigenvalue weighted by atomic mass is 10.2. The Morgan fingerprint density at radius 3 is 2.58 bits per heavy atom. The van der Waals surface area contributed by atoms with Gasteiger partial charge < -0.3 is 0 Å². The zero-order valence-electron chi connectivity index (χ0n) is 13.9. The molecule has 0 unspecified atom stereocenters. The normalized spacial score (nSPS) is 11.0. The van der Waals surface area contributed by atoms with Gasteiger partial charge in [-0.3, -0.25) is 9.78 Å². The summed E-state index contributed by atoms with van der Waals surface area (Å²) in [5.74, 6) is -0.328. The summed E-state index contributed by atoms with van der Waals surface area (Å²) in [6, 6.07) is 10.7. The van der Waals surface area contributed by atoms with Crippen molar-refractivity contribution >= 4 is 35.3 Å². The predicted molar refractivity (Wildman–Crippen MR) is 102 cm³/mol. The zero-order valence-corrected chi connectivity index (χ0v) is 15.4. The maximum atomic E-state index is 12.0. The average molecular weight is 388 g/mol. The predicted octanol–water partition coefficient (Wildman–Crippen LogP) is 3.71. The third-order valence-electron chi connectivity index (χ3n) is 3.66. The molecule has 3 aromatic rings. The van der Waals surface area contributed by atoms with Crippen molar-refractivity contribution in [1.82, 2.24) is 20.2 Å². The number of hydrogen-bond donors (Lipinski definition) is 1. The van der Waals surface area contributed by atoms with Crippen molar-refractivity contribution in [3.05, 3.63) is 81.4 Å². The Labute approximate surface area is 160 Å². The smallest absolute Gasteiger partial charge is 0.267 e. The van der Waals surface area contributed by atoms with Crippen molar-refractivity contribution in [2.75, 3.05) is 0 Å². The van der Waals surface area contributed by atoms with Crippen molar-refractivity contribution < 1.29 is 4.79 Å². The molecule has 1 aromatic carbocycles.